The molecular formula is C30H48F2N4O4. The second-order valence-corrected chi connectivity index (χ2v) is 11.2. The maximum Gasteiger partial charge on any atom is 0.317 e. The maximum atomic E-state index is 14.0. The van der Waals surface area contributed by atoms with Crippen molar-refractivity contribution in [3.8, 4) is 0 Å². The molecule has 2 saturated heterocycles. The second kappa shape index (κ2) is 16.2. The lowest BCUT2D eigenvalue weighted by atomic mass is 9.94. The molecule has 0 aliphatic carbocycles. The van der Waals surface area contributed by atoms with Crippen molar-refractivity contribution in [3.05, 3.63) is 35.4 Å². The van der Waals surface area contributed by atoms with Crippen LogP contribution in [0.25, 0.3) is 0 Å². The predicted octanol–water partition coefficient (Wildman–Crippen LogP) is 3.85. The molecule has 40 heavy (non-hydrogen) atoms. The average molecular weight is 567 g/mol. The summed E-state index contributed by atoms with van der Waals surface area (Å²) < 4.78 is 33.8. The first-order valence-electron chi connectivity index (χ1n) is 15.1. The predicted molar refractivity (Wildman–Crippen MR) is 151 cm³/mol. The Bertz CT molecular complexity index is 926. The highest BCUT2D eigenvalue weighted by atomic mass is 19.1. The van der Waals surface area contributed by atoms with Crippen molar-refractivity contribution < 1.29 is 28.2 Å². The van der Waals surface area contributed by atoms with Gasteiger partial charge in [0.15, 0.2) is 0 Å². The van der Waals surface area contributed by atoms with Crippen molar-refractivity contribution in [2.45, 2.75) is 96.4 Å². The van der Waals surface area contributed by atoms with Gasteiger partial charge in [0.1, 0.15) is 11.6 Å². The summed E-state index contributed by atoms with van der Waals surface area (Å²) >= 11 is 0. The minimum Gasteiger partial charge on any atom is -0.389 e. The Morgan fingerprint density at radius 1 is 1.15 bits per heavy atom. The Labute approximate surface area is 237 Å². The molecule has 2 aliphatic rings. The van der Waals surface area contributed by atoms with Gasteiger partial charge in [-0.25, -0.2) is 13.6 Å². The van der Waals surface area contributed by atoms with E-state index in [1.165, 1.54) is 12.1 Å². The highest BCUT2D eigenvalue weighted by Gasteiger charge is 2.37. The minimum absolute atomic E-state index is 0.0442. The zero-order valence-corrected chi connectivity index (χ0v) is 24.3. The molecule has 3 rings (SSSR count). The van der Waals surface area contributed by atoms with Gasteiger partial charge in [0.05, 0.1) is 24.2 Å². The number of hydrogen-bond donors (Lipinski definition) is 3. The van der Waals surface area contributed by atoms with E-state index in [2.05, 4.69) is 17.6 Å². The third-order valence-electron chi connectivity index (χ3n) is 7.84. The molecule has 1 aromatic carbocycles. The fraction of sp³-hybridized carbons (Fsp3) is 0.733. The van der Waals surface area contributed by atoms with Gasteiger partial charge >= 0.3 is 6.03 Å². The summed E-state index contributed by atoms with van der Waals surface area (Å²) in [4.78, 5) is 30.2. The number of nitrogens with one attached hydrogen (secondary N) is 2. The van der Waals surface area contributed by atoms with Crippen molar-refractivity contribution >= 4 is 11.9 Å². The monoisotopic (exact) mass is 566 g/mol. The molecular weight excluding hydrogens is 518 g/mol. The van der Waals surface area contributed by atoms with E-state index in [0.717, 1.165) is 38.2 Å². The minimum atomic E-state index is -1.01. The van der Waals surface area contributed by atoms with Crippen molar-refractivity contribution in [1.29, 1.82) is 0 Å². The lowest BCUT2D eigenvalue weighted by molar-refractivity contribution is -0.137. The Balaban J connectivity index is 1.70. The van der Waals surface area contributed by atoms with Crippen LogP contribution in [0.4, 0.5) is 13.6 Å². The zero-order valence-electron chi connectivity index (χ0n) is 24.3. The summed E-state index contributed by atoms with van der Waals surface area (Å²) in [7, 11) is 0. The molecule has 0 radical (unpaired) electrons. The number of likely N-dealkylation sites (tertiary alicyclic amines) is 1. The topological polar surface area (TPSA) is 94.1 Å². The SMILES string of the molecule is CCCCO[C@H]1CN[C@@H]([C@@H](O)[C@H](Cc2cc(F)cc(F)c2)NC(=O)N2CCCC(C(=O)N(CCC)CCC)C2)C1. The van der Waals surface area contributed by atoms with E-state index < -0.39 is 23.8 Å². The highest BCUT2D eigenvalue weighted by molar-refractivity contribution is 5.81. The summed E-state index contributed by atoms with van der Waals surface area (Å²) in [6.45, 7) is 9.63. The molecule has 1 aromatic rings. The van der Waals surface area contributed by atoms with E-state index in [4.69, 9.17) is 4.74 Å². The average Bonchev–Trinajstić information content (AvgIpc) is 3.40. The van der Waals surface area contributed by atoms with Crippen LogP contribution in [0.2, 0.25) is 0 Å². The molecule has 8 nitrogen and oxygen atoms in total. The number of benzene rings is 1. The summed E-state index contributed by atoms with van der Waals surface area (Å²) in [5, 5.41) is 17.6. The molecule has 2 aliphatic heterocycles. The molecule has 226 valence electrons. The van der Waals surface area contributed by atoms with Gasteiger partial charge in [-0.15, -0.1) is 0 Å². The third-order valence-corrected chi connectivity index (χ3v) is 7.84. The lowest BCUT2D eigenvalue weighted by Gasteiger charge is -2.37. The summed E-state index contributed by atoms with van der Waals surface area (Å²) in [5.41, 5.74) is 0.345. The molecule has 1 unspecified atom stereocenters. The Kier molecular flexibility index (Phi) is 13.1. The van der Waals surface area contributed by atoms with Crippen molar-refractivity contribution in [2.75, 3.05) is 39.3 Å². The number of rotatable bonds is 14. The normalized spacial score (nSPS) is 22.6. The largest absolute Gasteiger partial charge is 0.389 e. The number of halogens is 2. The molecule has 5 atom stereocenters. The van der Waals surface area contributed by atoms with Gasteiger partial charge in [-0.1, -0.05) is 27.2 Å². The van der Waals surface area contributed by atoms with Gasteiger partial charge in [0.2, 0.25) is 5.91 Å². The summed E-state index contributed by atoms with van der Waals surface area (Å²) in [5.74, 6) is -1.61. The lowest BCUT2D eigenvalue weighted by Crippen LogP contribution is -2.57. The molecule has 0 aromatic heterocycles. The first-order valence-corrected chi connectivity index (χ1v) is 15.1. The van der Waals surface area contributed by atoms with Crippen LogP contribution in [0.5, 0.6) is 0 Å². The number of aliphatic hydroxyl groups excluding tert-OH is 1. The van der Waals surface area contributed by atoms with E-state index in [-0.39, 0.29) is 36.4 Å². The van der Waals surface area contributed by atoms with Crippen molar-refractivity contribution in [2.24, 2.45) is 5.92 Å². The van der Waals surface area contributed by atoms with Crippen molar-refractivity contribution in [3.63, 3.8) is 0 Å². The van der Waals surface area contributed by atoms with Crippen LogP contribution in [0.15, 0.2) is 18.2 Å². The fourth-order valence-corrected chi connectivity index (χ4v) is 5.78. The van der Waals surface area contributed by atoms with Gasteiger partial charge in [0.25, 0.3) is 0 Å². The molecule has 0 bridgehead atoms. The number of aliphatic hydroxyl groups is 1. The van der Waals surface area contributed by atoms with Crippen LogP contribution in [-0.2, 0) is 16.0 Å². The van der Waals surface area contributed by atoms with Crippen LogP contribution < -0.4 is 10.6 Å². The van der Waals surface area contributed by atoms with Gasteiger partial charge in [-0.3, -0.25) is 4.79 Å². The molecule has 10 heteroatoms. The zero-order chi connectivity index (χ0) is 29.1. The van der Waals surface area contributed by atoms with Crippen molar-refractivity contribution in [1.82, 2.24) is 20.4 Å². The summed E-state index contributed by atoms with van der Waals surface area (Å²) in [6, 6.07) is 1.72. The van der Waals surface area contributed by atoms with Gasteiger partial charge in [-0.05, 0) is 62.6 Å². The molecule has 0 spiro atoms. The molecule has 2 heterocycles. The summed E-state index contributed by atoms with van der Waals surface area (Å²) in [6.07, 6.45) is 4.75. The van der Waals surface area contributed by atoms with E-state index in [1.54, 1.807) is 4.90 Å². The fourth-order valence-electron chi connectivity index (χ4n) is 5.78. The quantitative estimate of drug-likeness (QED) is 0.298. The van der Waals surface area contributed by atoms with Crippen LogP contribution in [0.3, 0.4) is 0 Å². The second-order valence-electron chi connectivity index (χ2n) is 11.2. The Morgan fingerprint density at radius 2 is 1.85 bits per heavy atom. The number of hydrogen-bond acceptors (Lipinski definition) is 5. The number of urea groups is 1. The number of piperidine rings is 1. The number of carbonyl (C=O) groups excluding carboxylic acids is 2. The van der Waals surface area contributed by atoms with Crippen LogP contribution in [0.1, 0.15) is 71.3 Å². The highest BCUT2D eigenvalue weighted by Crippen LogP contribution is 2.22. The van der Waals surface area contributed by atoms with E-state index in [9.17, 15) is 23.5 Å². The standard InChI is InChI=1S/C30H48F2N4O4/c1-4-7-13-40-25-18-26(33-19-25)28(37)27(16-21-14-23(31)17-24(32)15-21)34-30(39)36-12-8-9-22(20-36)29(38)35(10-5-2)11-6-3/h14-15,17,22,25-28,33,37H,4-13,16,18-20H2,1-3H3,(H,34,39)/t22?,25-,26-,27+,28-/m1/s1. The smallest absolute Gasteiger partial charge is 0.317 e. The Morgan fingerprint density at radius 3 is 2.50 bits per heavy atom. The van der Waals surface area contributed by atoms with Crippen LogP contribution in [0, 0.1) is 17.6 Å². The Hall–Kier alpha value is -2.30. The van der Waals surface area contributed by atoms with Gasteiger partial charge in [0, 0.05) is 51.4 Å². The number of nitrogens with zero attached hydrogens (tertiary/aromatic N) is 2. The first kappa shape index (κ1) is 32.2. The van der Waals surface area contributed by atoms with Gasteiger partial charge < -0.3 is 30.3 Å². The van der Waals surface area contributed by atoms with Crippen LogP contribution >= 0.6 is 0 Å². The number of ether oxygens (including phenoxy) is 1. The van der Waals surface area contributed by atoms with Gasteiger partial charge in [-0.2, -0.15) is 0 Å². The maximum absolute atomic E-state index is 14.0. The first-order chi connectivity index (χ1) is 19.2. The molecule has 3 N–H and O–H groups in total. The molecule has 2 fully saturated rings. The molecule has 0 saturated carbocycles. The van der Waals surface area contributed by atoms with E-state index in [0.29, 0.717) is 57.7 Å². The van der Waals surface area contributed by atoms with Crippen LogP contribution in [-0.4, -0.2) is 90.5 Å². The molecule has 3 amide bonds. The number of unbranched alkanes of at least 4 members (excludes halogenated alkanes) is 1. The van der Waals surface area contributed by atoms with E-state index in [1.807, 2.05) is 18.7 Å². The number of amides is 3. The number of carbonyl (C=O) groups is 2. The third kappa shape index (κ3) is 9.38. The van der Waals surface area contributed by atoms with E-state index >= 15 is 0 Å².